The number of nitrogens with zero attached hydrogens (tertiary/aromatic N) is 3. The van der Waals surface area contributed by atoms with Crippen molar-refractivity contribution in [3.05, 3.63) is 105 Å². The highest BCUT2D eigenvalue weighted by Gasteiger charge is 2.50. The van der Waals surface area contributed by atoms with Gasteiger partial charge in [-0.1, -0.05) is 53.5 Å². The maximum absolute atomic E-state index is 14.2. The van der Waals surface area contributed by atoms with Gasteiger partial charge in [0.05, 0.1) is 0 Å². The van der Waals surface area contributed by atoms with Gasteiger partial charge in [0.25, 0.3) is 0 Å². The maximum atomic E-state index is 14.2. The highest BCUT2D eigenvalue weighted by Crippen LogP contribution is 2.46. The molecule has 3 aromatic carbocycles. The van der Waals surface area contributed by atoms with Gasteiger partial charge in [0.2, 0.25) is 11.8 Å². The molecule has 1 aromatic heterocycles. The Bertz CT molecular complexity index is 1680. The van der Waals surface area contributed by atoms with Gasteiger partial charge in [-0.05, 0) is 48.7 Å². The number of carbonyl (C=O) groups is 2. The van der Waals surface area contributed by atoms with E-state index in [9.17, 15) is 18.4 Å². The SMILES string of the molecule is O=C1[C@@H]2Cc3c([nH]c4ccccc34)[C@H](c3c(Cl)cccc3Cl)N2C(=O)CN1C1CCN(Cc2c(F)cccc2F)CC1. The summed E-state index contributed by atoms with van der Waals surface area (Å²) < 4.78 is 28.5. The topological polar surface area (TPSA) is 59.7 Å². The van der Waals surface area contributed by atoms with Gasteiger partial charge in [-0.2, -0.15) is 0 Å². The van der Waals surface area contributed by atoms with E-state index in [0.717, 1.165) is 22.2 Å². The first-order chi connectivity index (χ1) is 20.3. The fraction of sp³-hybridized carbons (Fsp3) is 0.312. The van der Waals surface area contributed by atoms with E-state index in [1.54, 1.807) is 28.0 Å². The van der Waals surface area contributed by atoms with Crippen molar-refractivity contribution >= 4 is 45.9 Å². The minimum Gasteiger partial charge on any atom is -0.356 e. The van der Waals surface area contributed by atoms with Crippen molar-refractivity contribution in [3.63, 3.8) is 0 Å². The number of halogens is 4. The molecule has 0 aliphatic carbocycles. The third-order valence-corrected chi connectivity index (χ3v) is 9.67. The Morgan fingerprint density at radius 1 is 0.881 bits per heavy atom. The first-order valence-corrected chi connectivity index (χ1v) is 14.9. The molecule has 0 spiro atoms. The minimum absolute atomic E-state index is 0.0456. The largest absolute Gasteiger partial charge is 0.356 e. The Morgan fingerprint density at radius 3 is 2.26 bits per heavy atom. The summed E-state index contributed by atoms with van der Waals surface area (Å²) in [5, 5.41) is 1.87. The summed E-state index contributed by atoms with van der Waals surface area (Å²) >= 11 is 13.4. The molecular formula is C32H28Cl2F2N4O2. The molecular weight excluding hydrogens is 581 g/mol. The van der Waals surface area contributed by atoms with Gasteiger partial charge in [0.15, 0.2) is 0 Å². The number of benzene rings is 3. The fourth-order valence-corrected chi connectivity index (χ4v) is 7.57. The monoisotopic (exact) mass is 608 g/mol. The Balaban J connectivity index is 1.19. The summed E-state index contributed by atoms with van der Waals surface area (Å²) in [5.41, 5.74) is 3.38. The molecule has 0 radical (unpaired) electrons. The predicted molar refractivity (Wildman–Crippen MR) is 157 cm³/mol. The molecule has 4 aromatic rings. The van der Waals surface area contributed by atoms with Crippen molar-refractivity contribution in [2.75, 3.05) is 19.6 Å². The number of amides is 2. The van der Waals surface area contributed by atoms with E-state index in [1.165, 1.54) is 18.2 Å². The molecule has 2 fully saturated rings. The Labute approximate surface area is 251 Å². The number of rotatable bonds is 4. The number of likely N-dealkylation sites (tertiary alicyclic amines) is 1. The van der Waals surface area contributed by atoms with Crippen LogP contribution in [-0.4, -0.2) is 63.2 Å². The van der Waals surface area contributed by atoms with Gasteiger partial charge in [-0.25, -0.2) is 8.78 Å². The highest BCUT2D eigenvalue weighted by molar-refractivity contribution is 6.36. The van der Waals surface area contributed by atoms with E-state index >= 15 is 0 Å². The molecule has 42 heavy (non-hydrogen) atoms. The first-order valence-electron chi connectivity index (χ1n) is 14.1. The quantitative estimate of drug-likeness (QED) is 0.304. The fourth-order valence-electron chi connectivity index (χ4n) is 6.97. The van der Waals surface area contributed by atoms with E-state index in [0.29, 0.717) is 48.0 Å². The lowest BCUT2D eigenvalue weighted by molar-refractivity contribution is -0.161. The standard InChI is InChI=1S/C32H28Cl2F2N4O2/c33-22-6-3-7-23(34)29(22)31-30-20(19-5-1-2-10-26(19)37-30)15-27-32(42)39(17-28(41)40(27)31)18-11-13-38(14-12-18)16-21-24(35)8-4-9-25(21)36/h1-10,18,27,31,37H,11-17H2/t27-,31-/m0/s1. The van der Waals surface area contributed by atoms with E-state index in [1.807, 2.05) is 29.2 Å². The number of carbonyl (C=O) groups excluding carboxylic acids is 2. The molecule has 7 rings (SSSR count). The number of nitrogens with one attached hydrogen (secondary N) is 1. The smallest absolute Gasteiger partial charge is 0.246 e. The van der Waals surface area contributed by atoms with Crippen LogP contribution in [-0.2, 0) is 22.6 Å². The van der Waals surface area contributed by atoms with E-state index in [-0.39, 0.29) is 36.5 Å². The van der Waals surface area contributed by atoms with Crippen molar-refractivity contribution in [2.24, 2.45) is 0 Å². The van der Waals surface area contributed by atoms with Gasteiger partial charge in [0, 0.05) is 69.9 Å². The molecule has 2 amide bonds. The normalized spacial score (nSPS) is 21.6. The Kier molecular flexibility index (Phi) is 6.95. The summed E-state index contributed by atoms with van der Waals surface area (Å²) in [6.07, 6.45) is 1.60. The molecule has 3 aliphatic rings. The van der Waals surface area contributed by atoms with Crippen LogP contribution >= 0.6 is 23.2 Å². The lowest BCUT2D eigenvalue weighted by atomic mass is 9.85. The molecule has 1 N–H and O–H groups in total. The zero-order valence-corrected chi connectivity index (χ0v) is 24.1. The molecule has 6 nitrogen and oxygen atoms in total. The van der Waals surface area contributed by atoms with Gasteiger partial charge in [-0.3, -0.25) is 14.5 Å². The van der Waals surface area contributed by atoms with Crippen molar-refractivity contribution < 1.29 is 18.4 Å². The summed E-state index contributed by atoms with van der Waals surface area (Å²) in [7, 11) is 0. The van der Waals surface area contributed by atoms with Crippen LogP contribution < -0.4 is 0 Å². The number of aromatic nitrogens is 1. The number of hydrogen-bond acceptors (Lipinski definition) is 3. The second-order valence-corrected chi connectivity index (χ2v) is 12.1. The highest BCUT2D eigenvalue weighted by atomic mass is 35.5. The summed E-state index contributed by atoms with van der Waals surface area (Å²) in [6, 6.07) is 15.6. The molecule has 4 heterocycles. The van der Waals surface area contributed by atoms with Crippen LogP contribution in [0, 0.1) is 11.6 Å². The number of fused-ring (bicyclic) bond motifs is 4. The molecule has 0 bridgehead atoms. The van der Waals surface area contributed by atoms with Gasteiger partial charge < -0.3 is 14.8 Å². The molecule has 3 aliphatic heterocycles. The molecule has 2 atom stereocenters. The van der Waals surface area contributed by atoms with Crippen molar-refractivity contribution in [1.82, 2.24) is 19.7 Å². The average molecular weight is 610 g/mol. The van der Waals surface area contributed by atoms with Crippen LogP contribution in [0.1, 0.15) is 41.3 Å². The molecule has 0 saturated carbocycles. The number of hydrogen-bond donors (Lipinski definition) is 1. The van der Waals surface area contributed by atoms with Crippen LogP contribution in [0.3, 0.4) is 0 Å². The van der Waals surface area contributed by atoms with Gasteiger partial charge in [0.1, 0.15) is 30.3 Å². The third kappa shape index (κ3) is 4.48. The second kappa shape index (κ2) is 10.7. The molecule has 2 saturated heterocycles. The van der Waals surface area contributed by atoms with Crippen molar-refractivity contribution in [1.29, 1.82) is 0 Å². The van der Waals surface area contributed by atoms with E-state index < -0.39 is 23.7 Å². The van der Waals surface area contributed by atoms with Crippen LogP contribution in [0.15, 0.2) is 60.7 Å². The summed E-state index contributed by atoms with van der Waals surface area (Å²) in [4.78, 5) is 37.1. The number of piperazine rings is 1. The molecule has 10 heteroatoms. The third-order valence-electron chi connectivity index (χ3n) is 9.01. The van der Waals surface area contributed by atoms with Crippen molar-refractivity contribution in [3.8, 4) is 0 Å². The van der Waals surface area contributed by atoms with Crippen LogP contribution in [0.4, 0.5) is 8.78 Å². The van der Waals surface area contributed by atoms with Crippen LogP contribution in [0.2, 0.25) is 10.0 Å². The maximum Gasteiger partial charge on any atom is 0.246 e. The Hall–Kier alpha value is -3.46. The number of aromatic amines is 1. The molecule has 216 valence electrons. The Morgan fingerprint density at radius 2 is 1.55 bits per heavy atom. The van der Waals surface area contributed by atoms with E-state index in [2.05, 4.69) is 4.98 Å². The number of piperidine rings is 1. The van der Waals surface area contributed by atoms with Crippen LogP contribution in [0.25, 0.3) is 10.9 Å². The zero-order chi connectivity index (χ0) is 29.1. The second-order valence-electron chi connectivity index (χ2n) is 11.3. The minimum atomic E-state index is -0.708. The number of H-pyrrole nitrogens is 1. The lowest BCUT2D eigenvalue weighted by Gasteiger charge is -2.50. The summed E-state index contributed by atoms with van der Waals surface area (Å²) in [5.74, 6) is -1.38. The van der Waals surface area contributed by atoms with E-state index in [4.69, 9.17) is 23.2 Å². The lowest BCUT2D eigenvalue weighted by Crippen LogP contribution is -2.65. The molecule has 0 unspecified atom stereocenters. The van der Waals surface area contributed by atoms with Crippen molar-refractivity contribution in [2.45, 2.75) is 43.9 Å². The van der Waals surface area contributed by atoms with Gasteiger partial charge >= 0.3 is 0 Å². The number of para-hydroxylation sites is 1. The zero-order valence-electron chi connectivity index (χ0n) is 22.6. The van der Waals surface area contributed by atoms with Gasteiger partial charge in [-0.15, -0.1) is 0 Å². The summed E-state index contributed by atoms with van der Waals surface area (Å²) in [6.45, 7) is 1.25. The predicted octanol–water partition coefficient (Wildman–Crippen LogP) is 6.10. The average Bonchev–Trinajstić information content (AvgIpc) is 3.35. The first kappa shape index (κ1) is 27.4. The van der Waals surface area contributed by atoms with Crippen LogP contribution in [0.5, 0.6) is 0 Å².